The number of hydrogen-bond acceptors (Lipinski definition) is 5. The van der Waals surface area contributed by atoms with E-state index in [1.807, 2.05) is 0 Å². The molecule has 0 saturated carbocycles. The molecule has 2 amide bonds. The van der Waals surface area contributed by atoms with Gasteiger partial charge in [-0.1, -0.05) is 42.5 Å². The number of fused-ring (bicyclic) bond motifs is 2. The molecule has 4 aromatic carbocycles. The van der Waals surface area contributed by atoms with Crippen molar-refractivity contribution in [1.82, 2.24) is 4.90 Å². The van der Waals surface area contributed by atoms with Crippen LogP contribution in [0.1, 0.15) is 37.4 Å². The highest BCUT2D eigenvalue weighted by Crippen LogP contribution is 2.38. The maximum absolute atomic E-state index is 14.7. The molecule has 0 aliphatic carbocycles. The second kappa shape index (κ2) is 10.7. The highest BCUT2D eigenvalue weighted by Gasteiger charge is 2.37. The third kappa shape index (κ3) is 4.83. The van der Waals surface area contributed by atoms with Gasteiger partial charge in [-0.2, -0.15) is 0 Å². The van der Waals surface area contributed by atoms with Gasteiger partial charge in [-0.25, -0.2) is 12.8 Å². The monoisotopic (exact) mass is 583 g/mol. The Morgan fingerprint density at radius 3 is 2.29 bits per heavy atom. The molecule has 0 N–H and O–H groups in total. The van der Waals surface area contributed by atoms with Crippen LogP contribution in [0.25, 0.3) is 0 Å². The number of nitrogens with zero attached hydrogens (tertiary/aromatic N) is 3. The molecule has 0 aromatic heterocycles. The van der Waals surface area contributed by atoms with Crippen molar-refractivity contribution in [3.63, 3.8) is 0 Å². The standard InChI is InChI=1S/C33H30FN3O4S/c1-22-11-12-23(2)28(19-22)35-15-17-36(18-16-35)32(38)24-13-14-31-29(20-24)37(21-25-7-3-5-9-27(25)34)33(39)26-8-4-6-10-30(26)42(31,40)41/h3-14,19-20H,15-18,21H2,1-2H3. The van der Waals surface area contributed by atoms with Crippen LogP contribution in [0.3, 0.4) is 0 Å². The minimum absolute atomic E-state index is 0.000444. The van der Waals surface area contributed by atoms with Crippen LogP contribution in [0.4, 0.5) is 15.8 Å². The molecular weight excluding hydrogens is 553 g/mol. The number of halogens is 1. The number of benzene rings is 4. The van der Waals surface area contributed by atoms with Crippen molar-refractivity contribution < 1.29 is 22.4 Å². The molecule has 214 valence electrons. The highest BCUT2D eigenvalue weighted by atomic mass is 32.2. The zero-order valence-corrected chi connectivity index (χ0v) is 24.2. The summed E-state index contributed by atoms with van der Waals surface area (Å²) in [5, 5.41) is 0. The summed E-state index contributed by atoms with van der Waals surface area (Å²) >= 11 is 0. The summed E-state index contributed by atoms with van der Waals surface area (Å²) in [5.41, 5.74) is 4.05. The third-order valence-corrected chi connectivity index (χ3v) is 9.86. The largest absolute Gasteiger partial charge is 0.368 e. The molecule has 0 spiro atoms. The molecule has 0 radical (unpaired) electrons. The molecular formula is C33H30FN3O4S. The predicted molar refractivity (Wildman–Crippen MR) is 159 cm³/mol. The Morgan fingerprint density at radius 2 is 1.52 bits per heavy atom. The fourth-order valence-corrected chi connectivity index (χ4v) is 7.32. The SMILES string of the molecule is Cc1ccc(C)c(N2CCN(C(=O)c3ccc4c(c3)N(Cc3ccccc3F)C(=O)c3ccccc3S4(=O)=O)CC2)c1. The van der Waals surface area contributed by atoms with E-state index in [9.17, 15) is 22.4 Å². The summed E-state index contributed by atoms with van der Waals surface area (Å²) in [7, 11) is -4.11. The third-order valence-electron chi connectivity index (χ3n) is 8.00. The number of sulfone groups is 1. The summed E-state index contributed by atoms with van der Waals surface area (Å²) in [6.07, 6.45) is 0. The van der Waals surface area contributed by atoms with Crippen molar-refractivity contribution in [2.24, 2.45) is 0 Å². The molecule has 4 aromatic rings. The fraction of sp³-hybridized carbons (Fsp3) is 0.212. The Balaban J connectivity index is 1.35. The van der Waals surface area contributed by atoms with Crippen molar-refractivity contribution in [3.8, 4) is 0 Å². The lowest BCUT2D eigenvalue weighted by atomic mass is 10.1. The summed E-state index contributed by atoms with van der Waals surface area (Å²) in [6, 6.07) is 22.7. The Bertz CT molecular complexity index is 1830. The molecule has 2 aliphatic heterocycles. The maximum Gasteiger partial charge on any atom is 0.259 e. The molecule has 0 bridgehead atoms. The number of amides is 2. The van der Waals surface area contributed by atoms with Gasteiger partial charge in [0, 0.05) is 43.0 Å². The minimum Gasteiger partial charge on any atom is -0.368 e. The quantitative estimate of drug-likeness (QED) is 0.322. The van der Waals surface area contributed by atoms with Crippen molar-refractivity contribution in [2.45, 2.75) is 30.2 Å². The Hall–Kier alpha value is -4.50. The molecule has 0 atom stereocenters. The van der Waals surface area contributed by atoms with Crippen LogP contribution in [0.2, 0.25) is 0 Å². The van der Waals surface area contributed by atoms with Gasteiger partial charge in [0.25, 0.3) is 11.8 Å². The fourth-order valence-electron chi connectivity index (χ4n) is 5.69. The van der Waals surface area contributed by atoms with Crippen LogP contribution in [0.15, 0.2) is 94.7 Å². The van der Waals surface area contributed by atoms with Gasteiger partial charge in [0.15, 0.2) is 0 Å². The molecule has 7 nitrogen and oxygen atoms in total. The van der Waals surface area contributed by atoms with Gasteiger partial charge in [-0.3, -0.25) is 9.59 Å². The van der Waals surface area contributed by atoms with Crippen LogP contribution in [0, 0.1) is 19.7 Å². The number of hydrogen-bond donors (Lipinski definition) is 0. The smallest absolute Gasteiger partial charge is 0.259 e. The first-order chi connectivity index (χ1) is 20.1. The number of carbonyl (C=O) groups is 2. The zero-order valence-electron chi connectivity index (χ0n) is 23.4. The minimum atomic E-state index is -4.11. The van der Waals surface area contributed by atoms with E-state index >= 15 is 0 Å². The number of carbonyl (C=O) groups excluding carboxylic acids is 2. The first-order valence-corrected chi connectivity index (χ1v) is 15.3. The first kappa shape index (κ1) is 27.7. The second-order valence-corrected chi connectivity index (χ2v) is 12.6. The van der Waals surface area contributed by atoms with Gasteiger partial charge < -0.3 is 14.7 Å². The summed E-state index contributed by atoms with van der Waals surface area (Å²) in [4.78, 5) is 32.6. The Morgan fingerprint density at radius 1 is 0.810 bits per heavy atom. The van der Waals surface area contributed by atoms with E-state index < -0.39 is 21.6 Å². The molecule has 1 fully saturated rings. The van der Waals surface area contributed by atoms with Gasteiger partial charge >= 0.3 is 0 Å². The van der Waals surface area contributed by atoms with Crippen molar-refractivity contribution >= 4 is 33.0 Å². The molecule has 9 heteroatoms. The van der Waals surface area contributed by atoms with Gasteiger partial charge in [0.1, 0.15) is 5.82 Å². The van der Waals surface area contributed by atoms with E-state index in [-0.39, 0.29) is 44.6 Å². The van der Waals surface area contributed by atoms with Crippen LogP contribution in [-0.4, -0.2) is 51.3 Å². The van der Waals surface area contributed by atoms with Crippen molar-refractivity contribution in [2.75, 3.05) is 36.0 Å². The Labute approximate surface area is 244 Å². The van der Waals surface area contributed by atoms with Crippen LogP contribution in [-0.2, 0) is 16.4 Å². The van der Waals surface area contributed by atoms with Crippen LogP contribution < -0.4 is 9.80 Å². The van der Waals surface area contributed by atoms with Crippen LogP contribution in [0.5, 0.6) is 0 Å². The first-order valence-electron chi connectivity index (χ1n) is 13.8. The molecule has 42 heavy (non-hydrogen) atoms. The second-order valence-electron chi connectivity index (χ2n) is 10.7. The molecule has 6 rings (SSSR count). The van der Waals surface area contributed by atoms with E-state index in [1.165, 1.54) is 52.4 Å². The summed E-state index contributed by atoms with van der Waals surface area (Å²) in [5.74, 6) is -1.35. The average molecular weight is 584 g/mol. The average Bonchev–Trinajstić information content (AvgIpc) is 3.07. The number of rotatable bonds is 4. The molecule has 0 unspecified atom stereocenters. The van der Waals surface area contributed by atoms with Crippen LogP contribution >= 0.6 is 0 Å². The topological polar surface area (TPSA) is 78.0 Å². The van der Waals surface area contributed by atoms with E-state index in [2.05, 4.69) is 36.9 Å². The lowest BCUT2D eigenvalue weighted by Gasteiger charge is -2.37. The van der Waals surface area contributed by atoms with Crippen molar-refractivity contribution in [3.05, 3.63) is 119 Å². The van der Waals surface area contributed by atoms with Crippen molar-refractivity contribution in [1.29, 1.82) is 0 Å². The van der Waals surface area contributed by atoms with Gasteiger partial charge in [0.2, 0.25) is 9.84 Å². The van der Waals surface area contributed by atoms with E-state index in [0.29, 0.717) is 26.2 Å². The van der Waals surface area contributed by atoms with E-state index in [4.69, 9.17) is 0 Å². The van der Waals surface area contributed by atoms with E-state index in [0.717, 1.165) is 5.69 Å². The zero-order chi connectivity index (χ0) is 29.6. The lowest BCUT2D eigenvalue weighted by molar-refractivity contribution is 0.0746. The number of aryl methyl sites for hydroxylation is 2. The number of piperazine rings is 1. The summed E-state index contributed by atoms with van der Waals surface area (Å²) in [6.45, 7) is 6.22. The van der Waals surface area contributed by atoms with Gasteiger partial charge in [0.05, 0.1) is 27.6 Å². The maximum atomic E-state index is 14.7. The summed E-state index contributed by atoms with van der Waals surface area (Å²) < 4.78 is 42.3. The predicted octanol–water partition coefficient (Wildman–Crippen LogP) is 5.40. The molecule has 1 saturated heterocycles. The number of anilines is 2. The lowest BCUT2D eigenvalue weighted by Crippen LogP contribution is -2.49. The normalized spacial score (nSPS) is 16.1. The van der Waals surface area contributed by atoms with E-state index in [1.54, 1.807) is 35.2 Å². The van der Waals surface area contributed by atoms with Gasteiger partial charge in [-0.15, -0.1) is 0 Å². The highest BCUT2D eigenvalue weighted by molar-refractivity contribution is 7.91. The Kier molecular flexibility index (Phi) is 7.06. The van der Waals surface area contributed by atoms with Gasteiger partial charge in [-0.05, 0) is 67.4 Å². The molecule has 2 aliphatic rings. The molecule has 2 heterocycles.